The third kappa shape index (κ3) is 2.17. The molecule has 0 aromatic heterocycles. The first-order valence-corrected chi connectivity index (χ1v) is 8.79. The fourth-order valence-electron chi connectivity index (χ4n) is 5.29. The van der Waals surface area contributed by atoms with Crippen LogP contribution in [0, 0.1) is 23.7 Å². The molecule has 0 radical (unpaired) electrons. The Balaban J connectivity index is 1.39. The zero-order valence-corrected chi connectivity index (χ0v) is 12.9. The van der Waals surface area contributed by atoms with Gasteiger partial charge in [0.2, 0.25) is 17.7 Å². The van der Waals surface area contributed by atoms with E-state index < -0.39 is 0 Å². The van der Waals surface area contributed by atoms with Crippen LogP contribution in [0.4, 0.5) is 0 Å². The van der Waals surface area contributed by atoms with Crippen LogP contribution in [0.25, 0.3) is 0 Å². The molecule has 4 aliphatic rings. The second-order valence-corrected chi connectivity index (χ2v) is 7.55. The van der Waals surface area contributed by atoms with Crippen LogP contribution in [-0.4, -0.2) is 35.2 Å². The molecule has 22 heavy (non-hydrogen) atoms. The van der Waals surface area contributed by atoms with Gasteiger partial charge in [0.25, 0.3) is 0 Å². The fraction of sp³-hybridized carbons (Fsp3) is 0.824. The predicted octanol–water partition coefficient (Wildman–Crippen LogP) is 1.47. The van der Waals surface area contributed by atoms with Crippen molar-refractivity contribution in [2.24, 2.45) is 23.7 Å². The molecule has 0 aromatic carbocycles. The van der Waals surface area contributed by atoms with Crippen molar-refractivity contribution in [3.63, 3.8) is 0 Å². The van der Waals surface area contributed by atoms with Gasteiger partial charge in [-0.1, -0.05) is 19.3 Å². The fourth-order valence-corrected chi connectivity index (χ4v) is 5.29. The summed E-state index contributed by atoms with van der Waals surface area (Å²) in [4.78, 5) is 38.5. The summed E-state index contributed by atoms with van der Waals surface area (Å²) in [7, 11) is 0. The van der Waals surface area contributed by atoms with E-state index >= 15 is 0 Å². The van der Waals surface area contributed by atoms with Gasteiger partial charge in [-0.2, -0.15) is 0 Å². The van der Waals surface area contributed by atoms with Crippen molar-refractivity contribution < 1.29 is 14.4 Å². The predicted molar refractivity (Wildman–Crippen MR) is 79.5 cm³/mol. The van der Waals surface area contributed by atoms with Crippen LogP contribution < -0.4 is 5.32 Å². The van der Waals surface area contributed by atoms with Gasteiger partial charge < -0.3 is 5.32 Å². The van der Waals surface area contributed by atoms with E-state index in [2.05, 4.69) is 5.32 Å². The Labute approximate surface area is 130 Å². The summed E-state index contributed by atoms with van der Waals surface area (Å²) in [6, 6.07) is 0.227. The molecule has 3 saturated carbocycles. The number of likely N-dealkylation sites (tertiary alicyclic amines) is 1. The Morgan fingerprint density at radius 3 is 2.14 bits per heavy atom. The Kier molecular flexibility index (Phi) is 3.46. The summed E-state index contributed by atoms with van der Waals surface area (Å²) >= 11 is 0. The molecule has 4 atom stereocenters. The maximum Gasteiger partial charge on any atom is 0.240 e. The molecule has 0 aromatic rings. The van der Waals surface area contributed by atoms with Gasteiger partial charge in [0.15, 0.2) is 0 Å². The number of imide groups is 1. The lowest BCUT2D eigenvalue weighted by atomic mass is 9.81. The van der Waals surface area contributed by atoms with Crippen molar-refractivity contribution in [3.05, 3.63) is 0 Å². The second-order valence-electron chi connectivity index (χ2n) is 7.55. The van der Waals surface area contributed by atoms with E-state index in [1.54, 1.807) is 0 Å². The van der Waals surface area contributed by atoms with Gasteiger partial charge in [0, 0.05) is 6.04 Å². The van der Waals surface area contributed by atoms with Gasteiger partial charge in [-0.25, -0.2) is 0 Å². The first kappa shape index (κ1) is 14.2. The molecule has 0 unspecified atom stereocenters. The molecule has 1 aliphatic heterocycles. The zero-order valence-electron chi connectivity index (χ0n) is 12.9. The van der Waals surface area contributed by atoms with Crippen LogP contribution in [0.15, 0.2) is 0 Å². The van der Waals surface area contributed by atoms with Crippen LogP contribution in [-0.2, 0) is 14.4 Å². The van der Waals surface area contributed by atoms with Crippen LogP contribution in [0.1, 0.15) is 51.4 Å². The maximum atomic E-state index is 12.5. The second kappa shape index (κ2) is 5.36. The Hall–Kier alpha value is -1.39. The van der Waals surface area contributed by atoms with Crippen molar-refractivity contribution in [2.75, 3.05) is 6.54 Å². The van der Waals surface area contributed by atoms with Gasteiger partial charge in [-0.3, -0.25) is 19.3 Å². The van der Waals surface area contributed by atoms with Gasteiger partial charge in [0.05, 0.1) is 11.8 Å². The average molecular weight is 304 g/mol. The SMILES string of the molecule is O=C(CN1C(=O)[C@@H]2[C@H]3CC[C@@H](C3)[C@H]2C1=O)NC1CCCCC1. The molecule has 0 spiro atoms. The summed E-state index contributed by atoms with van der Waals surface area (Å²) < 4.78 is 0. The highest BCUT2D eigenvalue weighted by atomic mass is 16.2. The summed E-state index contributed by atoms with van der Waals surface area (Å²) in [5.41, 5.74) is 0. The summed E-state index contributed by atoms with van der Waals surface area (Å²) in [5.74, 6) is 0.209. The molecular weight excluding hydrogens is 280 g/mol. The molecule has 120 valence electrons. The van der Waals surface area contributed by atoms with E-state index in [-0.39, 0.29) is 42.1 Å². The molecular formula is C17H24N2O3. The molecule has 1 N–H and O–H groups in total. The number of nitrogens with one attached hydrogen (secondary N) is 1. The van der Waals surface area contributed by atoms with Gasteiger partial charge in [-0.15, -0.1) is 0 Å². The molecule has 4 rings (SSSR count). The third-order valence-electron chi connectivity index (χ3n) is 6.29. The zero-order chi connectivity index (χ0) is 15.3. The molecule has 3 aliphatic carbocycles. The number of carbonyl (C=O) groups is 3. The number of hydrogen-bond donors (Lipinski definition) is 1. The Morgan fingerprint density at radius 1 is 0.955 bits per heavy atom. The number of hydrogen-bond acceptors (Lipinski definition) is 3. The van der Waals surface area contributed by atoms with E-state index in [0.717, 1.165) is 44.9 Å². The lowest BCUT2D eigenvalue weighted by Crippen LogP contribution is -2.45. The lowest BCUT2D eigenvalue weighted by Gasteiger charge is -2.24. The van der Waals surface area contributed by atoms with E-state index in [9.17, 15) is 14.4 Å². The van der Waals surface area contributed by atoms with Crippen LogP contribution >= 0.6 is 0 Å². The molecule has 5 heteroatoms. The number of rotatable bonds is 3. The molecule has 1 saturated heterocycles. The summed E-state index contributed by atoms with van der Waals surface area (Å²) in [6.07, 6.45) is 8.77. The number of nitrogens with zero attached hydrogens (tertiary/aromatic N) is 1. The first-order chi connectivity index (χ1) is 10.6. The van der Waals surface area contributed by atoms with Crippen molar-refractivity contribution in [3.8, 4) is 0 Å². The van der Waals surface area contributed by atoms with Crippen LogP contribution in [0.2, 0.25) is 0 Å². The summed E-state index contributed by atoms with van der Waals surface area (Å²) in [6.45, 7) is -0.0688. The number of fused-ring (bicyclic) bond motifs is 5. The average Bonchev–Trinajstić information content (AvgIpc) is 3.18. The van der Waals surface area contributed by atoms with E-state index in [1.807, 2.05) is 0 Å². The van der Waals surface area contributed by atoms with Crippen LogP contribution in [0.5, 0.6) is 0 Å². The smallest absolute Gasteiger partial charge is 0.240 e. The normalized spacial score (nSPS) is 37.7. The van der Waals surface area contributed by atoms with E-state index in [4.69, 9.17) is 0 Å². The molecule has 4 fully saturated rings. The highest BCUT2D eigenvalue weighted by Crippen LogP contribution is 2.55. The maximum absolute atomic E-state index is 12.5. The van der Waals surface area contributed by atoms with Crippen molar-refractivity contribution >= 4 is 17.7 Å². The lowest BCUT2D eigenvalue weighted by molar-refractivity contribution is -0.144. The highest BCUT2D eigenvalue weighted by molar-refractivity contribution is 6.08. The largest absolute Gasteiger partial charge is 0.352 e. The van der Waals surface area contributed by atoms with E-state index in [0.29, 0.717) is 11.8 Å². The summed E-state index contributed by atoms with van der Waals surface area (Å²) in [5, 5.41) is 3.01. The number of carbonyl (C=O) groups excluding carboxylic acids is 3. The van der Waals surface area contributed by atoms with E-state index in [1.165, 1.54) is 11.3 Å². The van der Waals surface area contributed by atoms with Crippen molar-refractivity contribution in [2.45, 2.75) is 57.4 Å². The van der Waals surface area contributed by atoms with Gasteiger partial charge in [0.1, 0.15) is 6.54 Å². The standard InChI is InChI=1S/C17H24N2O3/c20-13(18-12-4-2-1-3-5-12)9-19-16(21)14-10-6-7-11(8-10)15(14)17(19)22/h10-12,14-15H,1-9H2,(H,18,20)/t10-,11-,14+,15+/m0/s1. The highest BCUT2D eigenvalue weighted by Gasteiger charge is 2.60. The van der Waals surface area contributed by atoms with Gasteiger partial charge in [-0.05, 0) is 43.9 Å². The Morgan fingerprint density at radius 2 is 1.55 bits per heavy atom. The minimum Gasteiger partial charge on any atom is -0.352 e. The van der Waals surface area contributed by atoms with Crippen LogP contribution in [0.3, 0.4) is 0 Å². The van der Waals surface area contributed by atoms with Crippen molar-refractivity contribution in [1.29, 1.82) is 0 Å². The Bertz CT molecular complexity index is 484. The monoisotopic (exact) mass is 304 g/mol. The topological polar surface area (TPSA) is 66.5 Å². The van der Waals surface area contributed by atoms with Gasteiger partial charge >= 0.3 is 0 Å². The first-order valence-electron chi connectivity index (χ1n) is 8.79. The molecule has 5 nitrogen and oxygen atoms in total. The minimum absolute atomic E-state index is 0.0688. The molecule has 1 heterocycles. The quantitative estimate of drug-likeness (QED) is 0.803. The number of amides is 3. The van der Waals surface area contributed by atoms with Crippen molar-refractivity contribution in [1.82, 2.24) is 10.2 Å². The minimum atomic E-state index is -0.166. The third-order valence-corrected chi connectivity index (χ3v) is 6.29. The molecule has 2 bridgehead atoms. The molecule has 3 amide bonds.